The number of aryl methyl sites for hydroxylation is 1. The van der Waals surface area contributed by atoms with E-state index in [0.717, 1.165) is 27.3 Å². The van der Waals surface area contributed by atoms with Gasteiger partial charge >= 0.3 is 0 Å². The van der Waals surface area contributed by atoms with Crippen LogP contribution < -0.4 is 11.1 Å². The largest absolute Gasteiger partial charge is 0.366 e. The normalized spacial score (nSPS) is 17.4. The summed E-state index contributed by atoms with van der Waals surface area (Å²) < 4.78 is 0. The topological polar surface area (TPSA) is 72.2 Å². The first-order chi connectivity index (χ1) is 12.5. The molecule has 0 saturated carbocycles. The maximum Gasteiger partial charge on any atom is 0.250 e. The molecule has 3 N–H and O–H groups in total. The molecule has 2 aromatic rings. The van der Waals surface area contributed by atoms with Crippen LogP contribution in [0.5, 0.6) is 0 Å². The molecule has 0 radical (unpaired) electrons. The average Bonchev–Trinajstić information content (AvgIpc) is 2.86. The van der Waals surface area contributed by atoms with Gasteiger partial charge in [-0.05, 0) is 52.2 Å². The molecule has 3 rings (SSSR count). The Morgan fingerprint density at radius 2 is 1.74 bits per heavy atom. The fraction of sp³-hybridized carbons (Fsp3) is 0.455. The van der Waals surface area contributed by atoms with Crippen molar-refractivity contribution < 1.29 is 9.59 Å². The van der Waals surface area contributed by atoms with Crippen LogP contribution in [0.15, 0.2) is 24.3 Å². The molecule has 0 aliphatic carbocycles. The molecular weight excluding hydrogens is 356 g/mol. The standard InChI is InChI=1S/C22H28N2O2S/c1-13-6-8-14(9-7-13)10-15(25)11-17-18(20(23)26)16-12-21(2,3)24-22(4,5)19(16)27-17/h6-9,24H,10-12H2,1-5H3,(H2,23,26). The lowest BCUT2D eigenvalue weighted by atomic mass is 9.80. The highest BCUT2D eigenvalue weighted by Crippen LogP contribution is 2.42. The molecule has 1 aromatic heterocycles. The lowest BCUT2D eigenvalue weighted by Gasteiger charge is -2.42. The third-order valence-electron chi connectivity index (χ3n) is 5.04. The van der Waals surface area contributed by atoms with Crippen molar-refractivity contribution in [2.45, 2.75) is 65.0 Å². The highest BCUT2D eigenvalue weighted by atomic mass is 32.1. The summed E-state index contributed by atoms with van der Waals surface area (Å²) in [5, 5.41) is 3.64. The second kappa shape index (κ2) is 6.88. The van der Waals surface area contributed by atoms with Gasteiger partial charge in [0.1, 0.15) is 5.78 Å². The fourth-order valence-corrected chi connectivity index (χ4v) is 5.57. The van der Waals surface area contributed by atoms with E-state index in [9.17, 15) is 9.59 Å². The molecule has 5 heteroatoms. The Bertz CT molecular complexity index is 892. The van der Waals surface area contributed by atoms with Crippen molar-refractivity contribution in [3.63, 3.8) is 0 Å². The summed E-state index contributed by atoms with van der Waals surface area (Å²) in [6.07, 6.45) is 1.35. The highest BCUT2D eigenvalue weighted by molar-refractivity contribution is 7.12. The van der Waals surface area contributed by atoms with Crippen molar-refractivity contribution in [3.05, 3.63) is 56.3 Å². The number of nitrogens with one attached hydrogen (secondary N) is 1. The number of primary amides is 1. The number of hydrogen-bond donors (Lipinski definition) is 2. The summed E-state index contributed by atoms with van der Waals surface area (Å²) in [6.45, 7) is 10.5. The lowest BCUT2D eigenvalue weighted by molar-refractivity contribution is -0.117. The van der Waals surface area contributed by atoms with Crippen molar-refractivity contribution in [2.24, 2.45) is 5.73 Å². The van der Waals surface area contributed by atoms with Crippen molar-refractivity contribution >= 4 is 23.0 Å². The minimum Gasteiger partial charge on any atom is -0.366 e. The molecule has 0 unspecified atom stereocenters. The van der Waals surface area contributed by atoms with Gasteiger partial charge < -0.3 is 11.1 Å². The SMILES string of the molecule is Cc1ccc(CC(=O)Cc2sc3c(c2C(N)=O)CC(C)(C)NC3(C)C)cc1. The van der Waals surface area contributed by atoms with E-state index in [1.807, 2.05) is 31.2 Å². The Labute approximate surface area is 165 Å². The number of ketones is 1. The monoisotopic (exact) mass is 384 g/mol. The smallest absolute Gasteiger partial charge is 0.250 e. The van der Waals surface area contributed by atoms with Crippen LogP contribution >= 0.6 is 11.3 Å². The fourth-order valence-electron chi connectivity index (χ4n) is 4.17. The first-order valence-corrected chi connectivity index (χ1v) is 10.1. The number of hydrogen-bond acceptors (Lipinski definition) is 4. The number of carbonyl (C=O) groups excluding carboxylic acids is 2. The quantitative estimate of drug-likeness (QED) is 0.826. The van der Waals surface area contributed by atoms with Crippen LogP contribution in [-0.2, 0) is 29.6 Å². The van der Waals surface area contributed by atoms with Gasteiger partial charge in [-0.1, -0.05) is 29.8 Å². The maximum atomic E-state index is 12.7. The molecule has 4 nitrogen and oxygen atoms in total. The molecule has 1 aliphatic heterocycles. The van der Waals surface area contributed by atoms with E-state index in [1.54, 1.807) is 11.3 Å². The molecular formula is C22H28N2O2S. The number of carbonyl (C=O) groups is 2. The van der Waals surface area contributed by atoms with Gasteiger partial charge in [-0.15, -0.1) is 11.3 Å². The van der Waals surface area contributed by atoms with Gasteiger partial charge in [-0.2, -0.15) is 0 Å². The molecule has 1 amide bonds. The van der Waals surface area contributed by atoms with Crippen molar-refractivity contribution in [3.8, 4) is 0 Å². The first-order valence-electron chi connectivity index (χ1n) is 9.30. The van der Waals surface area contributed by atoms with Crippen molar-refractivity contribution in [1.82, 2.24) is 5.32 Å². The Morgan fingerprint density at radius 3 is 2.33 bits per heavy atom. The van der Waals surface area contributed by atoms with E-state index >= 15 is 0 Å². The second-order valence-corrected chi connectivity index (χ2v) is 9.87. The predicted molar refractivity (Wildman–Crippen MR) is 110 cm³/mol. The minimum absolute atomic E-state index is 0.102. The lowest BCUT2D eigenvalue weighted by Crippen LogP contribution is -2.55. The summed E-state index contributed by atoms with van der Waals surface area (Å²) >= 11 is 1.56. The van der Waals surface area contributed by atoms with Gasteiger partial charge in [-0.3, -0.25) is 9.59 Å². The second-order valence-electron chi connectivity index (χ2n) is 8.76. The predicted octanol–water partition coefficient (Wildman–Crippen LogP) is 3.67. The van der Waals surface area contributed by atoms with Crippen molar-refractivity contribution in [1.29, 1.82) is 0 Å². The van der Waals surface area contributed by atoms with Crippen LogP contribution in [0.3, 0.4) is 0 Å². The Kier molecular flexibility index (Phi) is 5.04. The van der Waals surface area contributed by atoms with Crippen molar-refractivity contribution in [2.75, 3.05) is 0 Å². The Morgan fingerprint density at radius 1 is 1.11 bits per heavy atom. The third kappa shape index (κ3) is 4.14. The van der Waals surface area contributed by atoms with Gasteiger partial charge in [-0.25, -0.2) is 0 Å². The van der Waals surface area contributed by atoms with Crippen LogP contribution in [0.4, 0.5) is 0 Å². The molecule has 1 aromatic carbocycles. The van der Waals surface area contributed by atoms with Crippen LogP contribution in [-0.4, -0.2) is 17.2 Å². The van der Waals surface area contributed by atoms with Gasteiger partial charge in [0.05, 0.1) is 5.56 Å². The van der Waals surface area contributed by atoms with Crippen LogP contribution in [0.1, 0.15) is 64.5 Å². The Hall–Kier alpha value is -1.98. The zero-order valence-corrected chi connectivity index (χ0v) is 17.5. The minimum atomic E-state index is -0.431. The summed E-state index contributed by atoms with van der Waals surface area (Å²) in [5.41, 5.74) is 9.09. The summed E-state index contributed by atoms with van der Waals surface area (Å²) in [7, 11) is 0. The van der Waals surface area contributed by atoms with Crippen LogP contribution in [0, 0.1) is 6.92 Å². The summed E-state index contributed by atoms with van der Waals surface area (Å²) in [4.78, 5) is 26.9. The molecule has 0 saturated heterocycles. The number of thiophene rings is 1. The molecule has 1 aliphatic rings. The average molecular weight is 385 g/mol. The van der Waals surface area contributed by atoms with Crippen LogP contribution in [0.25, 0.3) is 0 Å². The molecule has 27 heavy (non-hydrogen) atoms. The number of Topliss-reactive ketones (excluding diaryl/α,β-unsaturated/α-hetero) is 1. The molecule has 0 atom stereocenters. The Balaban J connectivity index is 1.92. The van der Waals surface area contributed by atoms with Gasteiger partial charge in [0, 0.05) is 33.7 Å². The van der Waals surface area contributed by atoms with Gasteiger partial charge in [0.15, 0.2) is 0 Å². The highest BCUT2D eigenvalue weighted by Gasteiger charge is 2.41. The first kappa shape index (κ1) is 19.8. The van der Waals surface area contributed by atoms with Gasteiger partial charge in [0.25, 0.3) is 0 Å². The molecule has 0 fully saturated rings. The zero-order chi connectivity index (χ0) is 20.0. The third-order valence-corrected chi connectivity index (χ3v) is 6.60. The van der Waals surface area contributed by atoms with E-state index in [0.29, 0.717) is 12.0 Å². The van der Waals surface area contributed by atoms with Gasteiger partial charge in [0.2, 0.25) is 5.91 Å². The van der Waals surface area contributed by atoms with E-state index in [-0.39, 0.29) is 23.3 Å². The maximum absolute atomic E-state index is 12.7. The van der Waals surface area contributed by atoms with E-state index in [1.165, 1.54) is 5.56 Å². The van der Waals surface area contributed by atoms with E-state index in [2.05, 4.69) is 33.0 Å². The summed E-state index contributed by atoms with van der Waals surface area (Å²) in [6, 6.07) is 7.99. The number of amides is 1. The summed E-state index contributed by atoms with van der Waals surface area (Å²) in [5.74, 6) is -0.330. The van der Waals surface area contributed by atoms with Crippen LogP contribution in [0.2, 0.25) is 0 Å². The number of benzene rings is 1. The molecule has 144 valence electrons. The molecule has 2 heterocycles. The molecule has 0 spiro atoms. The number of rotatable bonds is 5. The van der Waals surface area contributed by atoms with E-state index in [4.69, 9.17) is 5.73 Å². The molecule has 0 bridgehead atoms. The number of fused-ring (bicyclic) bond motifs is 1. The number of nitrogens with two attached hydrogens (primary N) is 1. The zero-order valence-electron chi connectivity index (χ0n) is 16.7. The van der Waals surface area contributed by atoms with E-state index < -0.39 is 5.91 Å².